The maximum absolute atomic E-state index is 13.5. The van der Waals surface area contributed by atoms with E-state index >= 15 is 0 Å². The summed E-state index contributed by atoms with van der Waals surface area (Å²) in [6.07, 6.45) is 6.45. The van der Waals surface area contributed by atoms with Crippen LogP contribution in [0.4, 0.5) is 5.82 Å². The number of nitrogens with one attached hydrogen (secondary N) is 1. The van der Waals surface area contributed by atoms with Crippen LogP contribution >= 0.6 is 11.3 Å². The number of H-pyrrole nitrogens is 1. The van der Waals surface area contributed by atoms with Crippen LogP contribution < -0.4 is 5.73 Å². The van der Waals surface area contributed by atoms with Gasteiger partial charge in [0.15, 0.2) is 5.82 Å². The van der Waals surface area contributed by atoms with E-state index in [9.17, 15) is 4.79 Å². The number of piperidine rings is 1. The number of aryl methyl sites for hydroxylation is 1. The molecule has 0 spiro atoms. The lowest BCUT2D eigenvalue weighted by molar-refractivity contribution is 0.0580. The highest BCUT2D eigenvalue weighted by Crippen LogP contribution is 2.40. The van der Waals surface area contributed by atoms with Crippen molar-refractivity contribution < 1.29 is 4.79 Å². The summed E-state index contributed by atoms with van der Waals surface area (Å²) in [5, 5.41) is 0. The van der Waals surface area contributed by atoms with Crippen molar-refractivity contribution in [3.8, 4) is 11.3 Å². The second-order valence-corrected chi connectivity index (χ2v) is 10.5. The first-order valence-electron chi connectivity index (χ1n) is 11.6. The summed E-state index contributed by atoms with van der Waals surface area (Å²) in [6.45, 7) is 8.12. The van der Waals surface area contributed by atoms with E-state index in [2.05, 4.69) is 58.8 Å². The van der Waals surface area contributed by atoms with Crippen LogP contribution in [0.15, 0.2) is 23.3 Å². The van der Waals surface area contributed by atoms with Crippen molar-refractivity contribution in [2.24, 2.45) is 10.7 Å². The van der Waals surface area contributed by atoms with E-state index in [0.717, 1.165) is 57.8 Å². The van der Waals surface area contributed by atoms with Gasteiger partial charge in [-0.3, -0.25) is 4.79 Å². The number of likely N-dealkylation sites (N-methyl/N-ethyl adjacent to an activating group) is 1. The van der Waals surface area contributed by atoms with E-state index in [1.807, 2.05) is 19.2 Å². The van der Waals surface area contributed by atoms with Crippen molar-refractivity contribution in [2.75, 3.05) is 27.2 Å². The van der Waals surface area contributed by atoms with Crippen molar-refractivity contribution in [2.45, 2.75) is 52.0 Å². The first kappa shape index (κ1) is 23.4. The summed E-state index contributed by atoms with van der Waals surface area (Å²) in [6, 6.07) is 4.40. The molecule has 4 rings (SSSR count). The Hall–Kier alpha value is -2.71. The molecule has 1 amide bonds. The third-order valence-corrected chi connectivity index (χ3v) is 7.45. The highest BCUT2D eigenvalue weighted by atomic mass is 32.1. The van der Waals surface area contributed by atoms with Crippen molar-refractivity contribution in [1.29, 1.82) is 0 Å². The first-order chi connectivity index (χ1) is 15.8. The van der Waals surface area contributed by atoms with Crippen LogP contribution in [0.1, 0.15) is 59.8 Å². The summed E-state index contributed by atoms with van der Waals surface area (Å²) < 4.78 is 1.16. The van der Waals surface area contributed by atoms with Crippen LogP contribution in [-0.4, -0.2) is 65.2 Å². The topological polar surface area (TPSA) is 90.6 Å². The predicted molar refractivity (Wildman–Crippen MR) is 138 cm³/mol. The number of fused-ring (bicyclic) bond motifs is 1. The van der Waals surface area contributed by atoms with E-state index < -0.39 is 0 Å². The summed E-state index contributed by atoms with van der Waals surface area (Å²) in [5.74, 6) is 1.09. The van der Waals surface area contributed by atoms with E-state index in [-0.39, 0.29) is 11.9 Å². The maximum atomic E-state index is 13.5. The van der Waals surface area contributed by atoms with Gasteiger partial charge < -0.3 is 20.5 Å². The number of rotatable bonds is 6. The van der Waals surface area contributed by atoms with Gasteiger partial charge in [-0.15, -0.1) is 11.3 Å². The summed E-state index contributed by atoms with van der Waals surface area (Å²) in [5.41, 5.74) is 10.7. The molecule has 8 heteroatoms. The number of hydrogen-bond donors (Lipinski definition) is 2. The third-order valence-electron chi connectivity index (χ3n) is 6.29. The van der Waals surface area contributed by atoms with Crippen LogP contribution in [-0.2, 0) is 0 Å². The molecule has 1 saturated heterocycles. The number of aromatic nitrogens is 2. The molecule has 0 aromatic carbocycles. The largest absolute Gasteiger partial charge is 0.390 e. The van der Waals surface area contributed by atoms with Gasteiger partial charge in [0.2, 0.25) is 0 Å². The zero-order valence-corrected chi connectivity index (χ0v) is 21.0. The van der Waals surface area contributed by atoms with Crippen LogP contribution in [0.3, 0.4) is 0 Å². The van der Waals surface area contributed by atoms with Crippen LogP contribution in [0.5, 0.6) is 0 Å². The molecule has 1 aliphatic rings. The first-order valence-corrected chi connectivity index (χ1v) is 12.4. The van der Waals surface area contributed by atoms with Crippen molar-refractivity contribution in [3.63, 3.8) is 0 Å². The van der Waals surface area contributed by atoms with E-state index in [1.54, 1.807) is 11.3 Å². The number of thiophene rings is 1. The number of pyridine rings is 1. The molecule has 176 valence electrons. The molecule has 4 heterocycles. The number of amides is 1. The number of hydrogen-bond acceptors (Lipinski definition) is 5. The highest BCUT2D eigenvalue weighted by molar-refractivity contribution is 7.21. The lowest BCUT2D eigenvalue weighted by atomic mass is 9.99. The second kappa shape index (κ2) is 9.65. The molecule has 0 saturated carbocycles. The Morgan fingerprint density at radius 3 is 2.85 bits per heavy atom. The SMILES string of the molecule is Cc1cc(-c2[nH]c3cc(C(=O)N4CCCCC4CN(C)C)sc3c2C(C)C)cnc1N=CN. The lowest BCUT2D eigenvalue weighted by Crippen LogP contribution is -2.48. The molecule has 1 aliphatic heterocycles. The van der Waals surface area contributed by atoms with Gasteiger partial charge in [-0.1, -0.05) is 13.8 Å². The number of likely N-dealkylation sites (tertiary alicyclic amines) is 1. The minimum absolute atomic E-state index is 0.161. The second-order valence-electron chi connectivity index (χ2n) is 9.47. The zero-order valence-electron chi connectivity index (χ0n) is 20.2. The fourth-order valence-corrected chi connectivity index (χ4v) is 6.08. The zero-order chi connectivity index (χ0) is 23.7. The lowest BCUT2D eigenvalue weighted by Gasteiger charge is -2.37. The number of aliphatic imine (C=N–C) groups is 1. The summed E-state index contributed by atoms with van der Waals surface area (Å²) in [7, 11) is 4.15. The molecule has 7 nitrogen and oxygen atoms in total. The average Bonchev–Trinajstić information content (AvgIpc) is 3.32. The van der Waals surface area contributed by atoms with Gasteiger partial charge in [-0.25, -0.2) is 9.98 Å². The molecular formula is C25H34N6OS. The van der Waals surface area contributed by atoms with Crippen LogP contribution in [0.25, 0.3) is 21.5 Å². The molecule has 0 radical (unpaired) electrons. The minimum atomic E-state index is 0.161. The molecular weight excluding hydrogens is 432 g/mol. The fraction of sp³-hybridized carbons (Fsp3) is 0.480. The van der Waals surface area contributed by atoms with Gasteiger partial charge in [0.25, 0.3) is 5.91 Å². The highest BCUT2D eigenvalue weighted by Gasteiger charge is 2.30. The molecule has 1 atom stereocenters. The Balaban J connectivity index is 1.70. The van der Waals surface area contributed by atoms with Crippen molar-refractivity contribution >= 4 is 39.6 Å². The molecule has 3 aromatic heterocycles. The quantitative estimate of drug-likeness (QED) is 0.399. The van der Waals surface area contributed by atoms with Gasteiger partial charge >= 0.3 is 0 Å². The van der Waals surface area contributed by atoms with Gasteiger partial charge in [-0.2, -0.15) is 0 Å². The fourth-order valence-electron chi connectivity index (χ4n) is 4.81. The minimum Gasteiger partial charge on any atom is -0.390 e. The molecule has 1 unspecified atom stereocenters. The predicted octanol–water partition coefficient (Wildman–Crippen LogP) is 4.90. The van der Waals surface area contributed by atoms with E-state index in [4.69, 9.17) is 5.73 Å². The average molecular weight is 467 g/mol. The van der Waals surface area contributed by atoms with Gasteiger partial charge in [0.1, 0.15) is 0 Å². The van der Waals surface area contributed by atoms with Gasteiger partial charge in [-0.05, 0) is 69.5 Å². The van der Waals surface area contributed by atoms with E-state index in [0.29, 0.717) is 11.7 Å². The monoisotopic (exact) mass is 466 g/mol. The summed E-state index contributed by atoms with van der Waals surface area (Å²) in [4.78, 5) is 30.8. The molecule has 0 aliphatic carbocycles. The molecule has 1 fully saturated rings. The summed E-state index contributed by atoms with van der Waals surface area (Å²) >= 11 is 1.61. The maximum Gasteiger partial charge on any atom is 0.264 e. The number of carbonyl (C=O) groups excluding carboxylic acids is 1. The third kappa shape index (κ3) is 4.68. The number of nitrogens with two attached hydrogens (primary N) is 1. The molecule has 3 N–H and O–H groups in total. The molecule has 33 heavy (non-hydrogen) atoms. The molecule has 0 bridgehead atoms. The Morgan fingerprint density at radius 1 is 1.39 bits per heavy atom. The van der Waals surface area contributed by atoms with Crippen LogP contribution in [0, 0.1) is 6.92 Å². The molecule has 3 aromatic rings. The Labute approximate surface area is 199 Å². The number of carbonyl (C=O) groups is 1. The van der Waals surface area contributed by atoms with Gasteiger partial charge in [0.05, 0.1) is 27.1 Å². The smallest absolute Gasteiger partial charge is 0.264 e. The standard InChI is InChI=1S/C25H34N6OS/c1-15(2)21-22(17-10-16(3)24(27-12-17)28-14-26)29-19-11-20(33-23(19)21)25(32)31-9-7-6-8-18(31)13-30(4)5/h10-12,14-15,18,29H,6-9,13H2,1-5H3,(H2,26,27,28). The van der Waals surface area contributed by atoms with E-state index in [1.165, 1.54) is 18.3 Å². The van der Waals surface area contributed by atoms with Crippen molar-refractivity contribution in [1.82, 2.24) is 19.8 Å². The van der Waals surface area contributed by atoms with Crippen LogP contribution in [0.2, 0.25) is 0 Å². The number of aromatic amines is 1. The normalized spacial score (nSPS) is 17.2. The van der Waals surface area contributed by atoms with Crippen molar-refractivity contribution in [3.05, 3.63) is 34.3 Å². The Bertz CT molecular complexity index is 1180. The number of nitrogens with zero attached hydrogens (tertiary/aromatic N) is 4. The Morgan fingerprint density at radius 2 is 2.18 bits per heavy atom. The van der Waals surface area contributed by atoms with Gasteiger partial charge in [0, 0.05) is 30.9 Å². The Kier molecular flexibility index (Phi) is 6.86.